The number of piperazine rings is 1. The van der Waals surface area contributed by atoms with Gasteiger partial charge in [-0.15, -0.1) is 0 Å². The second-order valence-corrected chi connectivity index (χ2v) is 26.4. The number of Topliss-reactive ketones (excluding diaryl/α,β-unsaturated/α-hetero) is 1. The van der Waals surface area contributed by atoms with E-state index in [9.17, 15) is 28.8 Å². The molecule has 2 saturated heterocycles. The number of carbonyl (C=O) groups is 3. The number of amides is 4. The maximum atomic E-state index is 13.0. The maximum absolute atomic E-state index is 13.0. The average molecular weight is 1400 g/mol. The Labute approximate surface area is 590 Å². The highest BCUT2D eigenvalue weighted by atomic mass is 16.5. The van der Waals surface area contributed by atoms with Crippen molar-refractivity contribution in [3.05, 3.63) is 119 Å². The van der Waals surface area contributed by atoms with E-state index in [1.807, 2.05) is 63.2 Å². The number of nitrogens with one attached hydrogen (secondary N) is 5. The third kappa shape index (κ3) is 17.4. The van der Waals surface area contributed by atoms with Crippen LogP contribution in [0.25, 0.3) is 67.3 Å². The van der Waals surface area contributed by atoms with E-state index in [-0.39, 0.29) is 29.1 Å². The van der Waals surface area contributed by atoms with Crippen molar-refractivity contribution in [2.24, 2.45) is 33.0 Å². The molecular formula is C73H97N17O12. The Morgan fingerprint density at radius 2 is 0.912 bits per heavy atom. The first kappa shape index (κ1) is 74.8. The molecule has 9 aromatic rings. The molecule has 4 amide bonds. The second kappa shape index (κ2) is 34.7. The molecule has 102 heavy (non-hydrogen) atoms. The number of carbonyl (C=O) groups excluding carboxylic acids is 3. The Balaban J connectivity index is 0.000000165. The van der Waals surface area contributed by atoms with Gasteiger partial charge in [0.2, 0.25) is 0 Å². The topological polar surface area (TPSA) is 364 Å². The summed E-state index contributed by atoms with van der Waals surface area (Å²) in [6.07, 6.45) is 11.9. The second-order valence-electron chi connectivity index (χ2n) is 26.4. The van der Waals surface area contributed by atoms with Crippen LogP contribution in [0.5, 0.6) is 17.2 Å². The predicted octanol–water partition coefficient (Wildman–Crippen LogP) is 8.82. The van der Waals surface area contributed by atoms with E-state index in [0.29, 0.717) is 158 Å². The number of nitrogens with zero attached hydrogens (tertiary/aromatic N) is 12. The number of hydrogen-bond donors (Lipinski definition) is 8. The number of H-pyrrole nitrogens is 3. The van der Waals surface area contributed by atoms with E-state index >= 15 is 0 Å². The molecule has 546 valence electrons. The van der Waals surface area contributed by atoms with Crippen molar-refractivity contribution in [3.63, 3.8) is 0 Å². The molecule has 0 unspecified atom stereocenters. The van der Waals surface area contributed by atoms with E-state index in [2.05, 4.69) is 68.1 Å². The third-order valence-electron chi connectivity index (χ3n) is 19.2. The van der Waals surface area contributed by atoms with Gasteiger partial charge in [-0.05, 0) is 156 Å². The maximum Gasteiger partial charge on any atom is 0.341 e. The molecule has 12 rings (SSSR count). The quantitative estimate of drug-likeness (QED) is 0.0219. The van der Waals surface area contributed by atoms with Crippen LogP contribution in [0.1, 0.15) is 145 Å². The number of hydroxylamine groups is 2. The number of aromatic amines is 3. The van der Waals surface area contributed by atoms with Gasteiger partial charge < -0.3 is 44.1 Å². The van der Waals surface area contributed by atoms with E-state index in [1.54, 1.807) is 55.9 Å². The van der Waals surface area contributed by atoms with Crippen LogP contribution in [-0.2, 0) is 58.2 Å². The lowest BCUT2D eigenvalue weighted by atomic mass is 9.77. The van der Waals surface area contributed by atoms with Crippen LogP contribution < -0.4 is 41.8 Å². The molecule has 1 saturated carbocycles. The number of rotatable bonds is 23. The molecule has 1 aliphatic carbocycles. The normalized spacial score (nSPS) is 15.8. The van der Waals surface area contributed by atoms with Crippen LogP contribution in [-0.4, -0.2) is 173 Å². The molecule has 8 N–H and O–H groups in total. The number of hydrogen-bond acceptors (Lipinski definition) is 19. The number of aliphatic hydroxyl groups excluding tert-OH is 1. The zero-order valence-corrected chi connectivity index (χ0v) is 60.0. The number of likely N-dealkylation sites (tertiary alicyclic amines) is 1. The van der Waals surface area contributed by atoms with Gasteiger partial charge in [0.25, 0.3) is 16.7 Å². The van der Waals surface area contributed by atoms with E-state index < -0.39 is 12.1 Å². The van der Waals surface area contributed by atoms with Gasteiger partial charge in [-0.25, -0.2) is 35.5 Å². The minimum Gasteiger partial charge on any atom is -0.493 e. The van der Waals surface area contributed by atoms with Crippen LogP contribution in [0.3, 0.4) is 0 Å². The van der Waals surface area contributed by atoms with Crippen molar-refractivity contribution in [1.29, 1.82) is 0 Å². The lowest BCUT2D eigenvalue weighted by Gasteiger charge is -2.34. The van der Waals surface area contributed by atoms with Gasteiger partial charge in [-0.2, -0.15) is 15.3 Å². The summed E-state index contributed by atoms with van der Waals surface area (Å²) in [5, 5.41) is 40.2. The number of fused-ring (bicyclic) bond motifs is 3. The van der Waals surface area contributed by atoms with Crippen LogP contribution in [0.15, 0.2) is 69.0 Å². The smallest absolute Gasteiger partial charge is 0.341 e. The summed E-state index contributed by atoms with van der Waals surface area (Å²) in [5.74, 6) is 4.50. The molecule has 6 aromatic heterocycles. The number of piperidine rings is 1. The van der Waals surface area contributed by atoms with Crippen molar-refractivity contribution in [2.45, 2.75) is 144 Å². The summed E-state index contributed by atoms with van der Waals surface area (Å²) >= 11 is 0. The van der Waals surface area contributed by atoms with Gasteiger partial charge in [0.05, 0.1) is 53.6 Å². The Kier molecular flexibility index (Phi) is 25.5. The first-order valence-electron chi connectivity index (χ1n) is 35.7. The highest BCUT2D eigenvalue weighted by molar-refractivity contribution is 5.83. The molecule has 0 bridgehead atoms. The number of benzene rings is 3. The van der Waals surface area contributed by atoms with E-state index in [0.717, 1.165) is 128 Å². The SMILES string of the molecule is CCCc1nn(C)c2c(=O)[nH]c(-c3cc(C4CCC(CC(=O)CO)CC4)ccc3OCC)nc12.CCCc1nn(C)c2c(=O)[nH]c(-c3cc(CC4CCN(C(=O)NO)CC4)ccc3OCC)nc12.CCCc1nn(C)c2c(=O)[nH]c(-c3cc(CN4CCN(C(=O)NO)CC4)ccc3OCC)nc12. The lowest BCUT2D eigenvalue weighted by molar-refractivity contribution is -0.122. The number of aliphatic hydroxyl groups is 1. The van der Waals surface area contributed by atoms with Crippen molar-refractivity contribution in [1.82, 2.24) is 84.9 Å². The molecule has 0 spiro atoms. The fraction of sp³-hybridized carbons (Fsp3) is 0.507. The zero-order chi connectivity index (χ0) is 72.7. The van der Waals surface area contributed by atoms with E-state index in [4.69, 9.17) is 44.7 Å². The number of aromatic nitrogens is 12. The first-order chi connectivity index (χ1) is 49.3. The summed E-state index contributed by atoms with van der Waals surface area (Å²) in [6.45, 7) is 17.5. The molecule has 0 atom stereocenters. The number of ether oxygens (including phenoxy) is 3. The Morgan fingerprint density at radius 3 is 1.32 bits per heavy atom. The third-order valence-corrected chi connectivity index (χ3v) is 19.2. The Morgan fingerprint density at radius 1 is 0.510 bits per heavy atom. The summed E-state index contributed by atoms with van der Waals surface area (Å²) < 4.78 is 22.4. The van der Waals surface area contributed by atoms with Crippen LogP contribution in [0.2, 0.25) is 0 Å². The molecule has 3 aromatic carbocycles. The average Bonchev–Trinajstić information content (AvgIpc) is 1.58. The van der Waals surface area contributed by atoms with Crippen LogP contribution >= 0.6 is 0 Å². The van der Waals surface area contributed by atoms with E-state index in [1.165, 1.54) is 5.56 Å². The summed E-state index contributed by atoms with van der Waals surface area (Å²) in [4.78, 5) is 102. The number of ketones is 1. The van der Waals surface area contributed by atoms with Gasteiger partial charge in [-0.1, -0.05) is 58.2 Å². The van der Waals surface area contributed by atoms with Gasteiger partial charge in [0.15, 0.2) is 22.3 Å². The highest BCUT2D eigenvalue weighted by Crippen LogP contribution is 2.41. The first-order valence-corrected chi connectivity index (χ1v) is 35.7. The lowest BCUT2D eigenvalue weighted by Crippen LogP contribution is -2.50. The van der Waals surface area contributed by atoms with Crippen molar-refractivity contribution in [2.75, 3.05) is 65.7 Å². The van der Waals surface area contributed by atoms with Crippen LogP contribution in [0.4, 0.5) is 9.59 Å². The molecule has 2 aliphatic heterocycles. The zero-order valence-electron chi connectivity index (χ0n) is 60.0. The highest BCUT2D eigenvalue weighted by Gasteiger charge is 2.29. The predicted molar refractivity (Wildman–Crippen MR) is 386 cm³/mol. The molecule has 29 heteroatoms. The fourth-order valence-corrected chi connectivity index (χ4v) is 14.2. The molecule has 8 heterocycles. The van der Waals surface area contributed by atoms with Crippen molar-refractivity contribution < 1.29 is 44.1 Å². The Bertz CT molecular complexity index is 4400. The van der Waals surface area contributed by atoms with Crippen molar-refractivity contribution in [3.8, 4) is 51.4 Å². The van der Waals surface area contributed by atoms with Gasteiger partial charge in [-0.3, -0.25) is 48.5 Å². The number of urea groups is 2. The van der Waals surface area contributed by atoms with Gasteiger partial charge >= 0.3 is 12.1 Å². The monoisotopic (exact) mass is 1400 g/mol. The minimum absolute atomic E-state index is 0.0740. The summed E-state index contributed by atoms with van der Waals surface area (Å²) in [6, 6.07) is 17.2. The summed E-state index contributed by atoms with van der Waals surface area (Å²) in [5.41, 5.74) is 14.1. The fourth-order valence-electron chi connectivity index (χ4n) is 14.2. The van der Waals surface area contributed by atoms with Gasteiger partial charge in [0.1, 0.15) is 57.9 Å². The van der Waals surface area contributed by atoms with Crippen molar-refractivity contribution >= 4 is 50.9 Å². The number of aryl methyl sites for hydroxylation is 6. The molecule has 29 nitrogen and oxygen atoms in total. The molecule has 3 fully saturated rings. The minimum atomic E-state index is -0.480. The Hall–Kier alpha value is -9.84. The standard InChI is InChI=1S/C26H34N4O4.C24H32N6O4.C23H31N7O4/c1-4-6-21-23-24(30(3)29-21)26(33)28-25(27-23)20-14-18(11-12-22(20)34-5-2)17-9-7-16(8-10-17)13-19(32)15-31;1-4-6-18-20-21(29(3)27-18)23(31)26-22(25-20)17-14-16(7-8-19(17)34-5-2)13-15-9-11-30(12-10-15)24(32)28-33;1-4-6-17-19-20(28(3)26-17)22(31)25-21(24-19)16-13-15(7-8-18(16)34-5-2)14-29-9-11-30(12-10-29)23(32)27-33/h11-12,14,16-17,31H,4-10,13,15H2,1-3H3,(H,27,28,33);7-8,14-15,33H,4-6,9-13H2,1-3H3,(H,28,32)(H,25,26,31);7-8,13,33H,4-6,9-12,14H2,1-3H3,(H,27,32)(H,24,25,31). The molecular weight excluding hydrogens is 1310 g/mol. The largest absolute Gasteiger partial charge is 0.493 e. The van der Waals surface area contributed by atoms with Gasteiger partial charge in [0, 0.05) is 73.4 Å². The molecule has 3 aliphatic rings. The molecule has 0 radical (unpaired) electrons. The summed E-state index contributed by atoms with van der Waals surface area (Å²) in [7, 11) is 5.29. The van der Waals surface area contributed by atoms with Crippen LogP contribution in [0, 0.1) is 11.8 Å².